The van der Waals surface area contributed by atoms with Crippen LogP contribution in [0.15, 0.2) is 40.4 Å². The van der Waals surface area contributed by atoms with E-state index < -0.39 is 23.2 Å². The molecule has 3 rings (SSSR count). The van der Waals surface area contributed by atoms with Gasteiger partial charge >= 0.3 is 0 Å². The van der Waals surface area contributed by atoms with Crippen LogP contribution >= 0.6 is 0 Å². The zero-order valence-corrected chi connectivity index (χ0v) is 12.3. The first-order valence-electron chi connectivity index (χ1n) is 6.92. The lowest BCUT2D eigenvalue weighted by molar-refractivity contribution is -0.114. The van der Waals surface area contributed by atoms with E-state index >= 15 is 0 Å². The lowest BCUT2D eigenvalue weighted by Crippen LogP contribution is -2.27. The van der Waals surface area contributed by atoms with Crippen molar-refractivity contribution in [2.24, 2.45) is 10.1 Å². The van der Waals surface area contributed by atoms with E-state index in [0.29, 0.717) is 5.69 Å². The Kier molecular flexibility index (Phi) is 3.78. The Hall–Kier alpha value is -3.55. The van der Waals surface area contributed by atoms with Crippen molar-refractivity contribution in [1.29, 1.82) is 0 Å². The Morgan fingerprint density at radius 2 is 1.92 bits per heavy atom. The molecule has 0 aromatic heterocycles. The van der Waals surface area contributed by atoms with Gasteiger partial charge in [0.2, 0.25) is 5.75 Å². The van der Waals surface area contributed by atoms with E-state index in [0.717, 1.165) is 11.8 Å². The van der Waals surface area contributed by atoms with Crippen LogP contribution in [0.2, 0.25) is 0 Å². The van der Waals surface area contributed by atoms with Gasteiger partial charge < -0.3 is 20.4 Å². The molecule has 0 unspecified atom stereocenters. The molecule has 24 heavy (non-hydrogen) atoms. The van der Waals surface area contributed by atoms with Crippen molar-refractivity contribution >= 4 is 23.5 Å². The van der Waals surface area contributed by atoms with Crippen LogP contribution in [0.3, 0.4) is 0 Å². The summed E-state index contributed by atoms with van der Waals surface area (Å²) in [6.07, 6.45) is 1.40. The molecular formula is C16H13N3O5. The fraction of sp³-hybridized carbons (Fsp3) is 0.0625. The standard InChI is InChI=1S/C16H13N3O5/c20-10-2-3-11-9(5-10)6-12(18-11)16(24)19-17-7-8-1-4-13(21)15(23)14(8)22/h1-5,7,20-23H,6H2,(H,19,24)/b17-7+. The largest absolute Gasteiger partial charge is 0.508 e. The second-order valence-electron chi connectivity index (χ2n) is 5.12. The molecule has 8 nitrogen and oxygen atoms in total. The molecule has 0 spiro atoms. The quantitative estimate of drug-likeness (QED) is 0.329. The molecule has 5 N–H and O–H groups in total. The molecule has 1 heterocycles. The van der Waals surface area contributed by atoms with Gasteiger partial charge in [-0.2, -0.15) is 5.10 Å². The molecule has 1 aliphatic rings. The van der Waals surface area contributed by atoms with E-state index in [4.69, 9.17) is 0 Å². The molecule has 2 aromatic carbocycles. The van der Waals surface area contributed by atoms with Crippen molar-refractivity contribution in [3.63, 3.8) is 0 Å². The summed E-state index contributed by atoms with van der Waals surface area (Å²) in [6.45, 7) is 0. The molecule has 0 bridgehead atoms. The molecule has 0 radical (unpaired) electrons. The normalized spacial score (nSPS) is 12.9. The lowest BCUT2D eigenvalue weighted by Gasteiger charge is -2.03. The van der Waals surface area contributed by atoms with Gasteiger partial charge in [0.1, 0.15) is 11.5 Å². The van der Waals surface area contributed by atoms with E-state index in [-0.39, 0.29) is 23.4 Å². The van der Waals surface area contributed by atoms with Crippen molar-refractivity contribution in [3.8, 4) is 23.0 Å². The van der Waals surface area contributed by atoms with Crippen LogP contribution in [0.5, 0.6) is 23.0 Å². The molecule has 0 aliphatic carbocycles. The van der Waals surface area contributed by atoms with Crippen LogP contribution in [0.25, 0.3) is 0 Å². The van der Waals surface area contributed by atoms with E-state index in [9.17, 15) is 25.2 Å². The molecule has 122 valence electrons. The van der Waals surface area contributed by atoms with Gasteiger partial charge in [-0.15, -0.1) is 0 Å². The number of phenols is 4. The average molecular weight is 327 g/mol. The number of benzene rings is 2. The first-order chi connectivity index (χ1) is 11.5. The van der Waals surface area contributed by atoms with E-state index in [2.05, 4.69) is 15.5 Å². The van der Waals surface area contributed by atoms with Crippen molar-refractivity contribution in [2.75, 3.05) is 0 Å². The van der Waals surface area contributed by atoms with Crippen molar-refractivity contribution in [3.05, 3.63) is 41.5 Å². The average Bonchev–Trinajstić information content (AvgIpc) is 2.98. The predicted molar refractivity (Wildman–Crippen MR) is 86.1 cm³/mol. The van der Waals surface area contributed by atoms with Crippen molar-refractivity contribution in [2.45, 2.75) is 6.42 Å². The first-order valence-corrected chi connectivity index (χ1v) is 6.92. The van der Waals surface area contributed by atoms with Crippen LogP contribution in [0.4, 0.5) is 5.69 Å². The molecule has 8 heteroatoms. The molecule has 0 saturated carbocycles. The predicted octanol–water partition coefficient (Wildman–Crippen LogP) is 1.29. The van der Waals surface area contributed by atoms with Crippen LogP contribution in [0.1, 0.15) is 11.1 Å². The summed E-state index contributed by atoms with van der Waals surface area (Å²) >= 11 is 0. The molecule has 0 saturated heterocycles. The maximum atomic E-state index is 12.0. The Labute approximate surface area is 136 Å². The number of nitrogens with one attached hydrogen (secondary N) is 1. The minimum absolute atomic E-state index is 0.103. The number of carbonyl (C=O) groups excluding carboxylic acids is 1. The van der Waals surface area contributed by atoms with Gasteiger partial charge in [0.15, 0.2) is 11.5 Å². The number of rotatable bonds is 3. The highest BCUT2D eigenvalue weighted by molar-refractivity contribution is 6.40. The molecule has 0 atom stereocenters. The smallest absolute Gasteiger partial charge is 0.286 e. The van der Waals surface area contributed by atoms with Gasteiger partial charge in [0, 0.05) is 12.0 Å². The van der Waals surface area contributed by atoms with Crippen molar-refractivity contribution in [1.82, 2.24) is 5.43 Å². The summed E-state index contributed by atoms with van der Waals surface area (Å²) in [4.78, 5) is 16.2. The van der Waals surface area contributed by atoms with Gasteiger partial charge in [-0.3, -0.25) is 4.79 Å². The first kappa shape index (κ1) is 15.3. The zero-order chi connectivity index (χ0) is 17.3. The van der Waals surface area contributed by atoms with Gasteiger partial charge in [-0.1, -0.05) is 0 Å². The lowest BCUT2D eigenvalue weighted by atomic mass is 10.1. The van der Waals surface area contributed by atoms with Crippen LogP contribution in [-0.4, -0.2) is 38.3 Å². The van der Waals surface area contributed by atoms with E-state index in [1.54, 1.807) is 12.1 Å². The fourth-order valence-corrected chi connectivity index (χ4v) is 2.23. The molecule has 1 aliphatic heterocycles. The number of hydrazone groups is 1. The summed E-state index contributed by atoms with van der Waals surface area (Å²) in [5, 5.41) is 41.4. The second kappa shape index (κ2) is 5.92. The van der Waals surface area contributed by atoms with E-state index in [1.807, 2.05) is 0 Å². The minimum Gasteiger partial charge on any atom is -0.508 e. The summed E-state index contributed by atoms with van der Waals surface area (Å²) < 4.78 is 0. The van der Waals surface area contributed by atoms with Gasteiger partial charge in [0.05, 0.1) is 11.9 Å². The molecule has 0 fully saturated rings. The summed E-state index contributed by atoms with van der Waals surface area (Å²) in [5.41, 5.74) is 3.98. The third-order valence-corrected chi connectivity index (χ3v) is 3.47. The van der Waals surface area contributed by atoms with Crippen molar-refractivity contribution < 1.29 is 25.2 Å². The highest BCUT2D eigenvalue weighted by atomic mass is 16.3. The maximum absolute atomic E-state index is 12.0. The topological polar surface area (TPSA) is 135 Å². The molecule has 1 amide bonds. The van der Waals surface area contributed by atoms with E-state index in [1.165, 1.54) is 18.2 Å². The maximum Gasteiger partial charge on any atom is 0.286 e. The SMILES string of the molecule is O=C(N/N=C/c1ccc(O)c(O)c1O)C1=Nc2ccc(O)cc2C1. The van der Waals surface area contributed by atoms with Gasteiger partial charge in [-0.05, 0) is 35.9 Å². The van der Waals surface area contributed by atoms with Crippen LogP contribution < -0.4 is 5.43 Å². The Balaban J connectivity index is 1.68. The third kappa shape index (κ3) is 2.84. The second-order valence-corrected chi connectivity index (χ2v) is 5.12. The molecule has 2 aromatic rings. The fourth-order valence-electron chi connectivity index (χ4n) is 2.23. The van der Waals surface area contributed by atoms with Gasteiger partial charge in [-0.25, -0.2) is 10.4 Å². The number of amides is 1. The highest BCUT2D eigenvalue weighted by Gasteiger charge is 2.20. The Morgan fingerprint density at radius 3 is 2.71 bits per heavy atom. The van der Waals surface area contributed by atoms with Crippen LogP contribution in [0, 0.1) is 0 Å². The highest BCUT2D eigenvalue weighted by Crippen LogP contribution is 2.36. The molecular weight excluding hydrogens is 314 g/mol. The number of phenolic OH excluding ortho intramolecular Hbond substituents is 4. The number of hydrogen-bond acceptors (Lipinski definition) is 7. The summed E-state index contributed by atoms with van der Waals surface area (Å²) in [5.74, 6) is -2.10. The number of aliphatic imine (C=N–C) groups is 1. The Morgan fingerprint density at radius 1 is 1.12 bits per heavy atom. The number of aromatic hydroxyl groups is 4. The summed E-state index contributed by atoms with van der Waals surface area (Å²) in [7, 11) is 0. The number of nitrogens with zero attached hydrogens (tertiary/aromatic N) is 2. The zero-order valence-electron chi connectivity index (χ0n) is 12.3. The number of fused-ring (bicyclic) bond motifs is 1. The van der Waals surface area contributed by atoms with Gasteiger partial charge in [0.25, 0.3) is 5.91 Å². The Bertz CT molecular complexity index is 890. The monoisotopic (exact) mass is 327 g/mol. The minimum atomic E-state index is -0.666. The number of carbonyl (C=O) groups is 1. The number of hydrogen-bond donors (Lipinski definition) is 5. The third-order valence-electron chi connectivity index (χ3n) is 3.47. The van der Waals surface area contributed by atoms with Crippen LogP contribution in [-0.2, 0) is 11.2 Å². The summed E-state index contributed by atoms with van der Waals surface area (Å²) in [6, 6.07) is 7.15.